The Hall–Kier alpha value is -0.300. The third kappa shape index (κ3) is 24.9. The SMILES string of the molecule is O=S(=O)([O-])c1ccc(SOO[O-])c(Nc2nc(Nc3ccc(/C=C/c4ccc(Nc5nc(Nc6cc(SOO[O-])ccc6S(=O)(=O)[O-])nc(N(O)O)n5)cc4S(=O)(=O)[O-])c(SOO[O-])c3)nc(N(CCO)CCO)n2)c1.[Na+].[Na+].[Na+].[Na+].[Na+].[Na+]. The van der Waals surface area contributed by atoms with E-state index in [4.69, 9.17) is 0 Å². The van der Waals surface area contributed by atoms with Crippen molar-refractivity contribution in [3.8, 4) is 0 Å². The van der Waals surface area contributed by atoms with E-state index in [-0.39, 0.29) is 251 Å². The number of nitrogens with one attached hydrogen (secondary N) is 4. The summed E-state index contributed by atoms with van der Waals surface area (Å²) < 4.78 is 123. The molecule has 6 aromatic rings. The number of rotatable bonds is 28. The van der Waals surface area contributed by atoms with Crippen LogP contribution in [-0.2, 0) is 58.5 Å². The maximum Gasteiger partial charge on any atom is 1.00 e. The van der Waals surface area contributed by atoms with Gasteiger partial charge in [-0.25, -0.2) is 25.3 Å². The molecule has 34 nitrogen and oxygen atoms in total. The Labute approximate surface area is 609 Å². The Bertz CT molecular complexity index is 3420. The van der Waals surface area contributed by atoms with Gasteiger partial charge in [0.25, 0.3) is 5.95 Å². The van der Waals surface area contributed by atoms with Gasteiger partial charge < -0.3 is 65.8 Å². The Morgan fingerprint density at radius 2 is 0.976 bits per heavy atom. The summed E-state index contributed by atoms with van der Waals surface area (Å²) in [5, 5.41) is 90.8. The number of anilines is 10. The van der Waals surface area contributed by atoms with Crippen molar-refractivity contribution in [1.82, 2.24) is 29.9 Å². The average Bonchev–Trinajstić information content (AvgIpc) is 3.35. The van der Waals surface area contributed by atoms with Crippen molar-refractivity contribution in [1.29, 1.82) is 0 Å². The van der Waals surface area contributed by atoms with Gasteiger partial charge in [0.2, 0.25) is 29.7 Å². The van der Waals surface area contributed by atoms with Gasteiger partial charge in [-0.3, -0.25) is 25.5 Å². The summed E-state index contributed by atoms with van der Waals surface area (Å²) in [6.07, 6.45) is 2.48. The van der Waals surface area contributed by atoms with Crippen molar-refractivity contribution in [2.24, 2.45) is 0 Å². The molecule has 6 rings (SSSR count). The first-order valence-electron chi connectivity index (χ1n) is 19.9. The van der Waals surface area contributed by atoms with Gasteiger partial charge >= 0.3 is 177 Å². The zero-order chi connectivity index (χ0) is 55.2. The Kier molecular flexibility index (Phi) is 38.8. The Morgan fingerprint density at radius 3 is 1.49 bits per heavy atom. The van der Waals surface area contributed by atoms with Gasteiger partial charge in [0.1, 0.15) is 30.4 Å². The van der Waals surface area contributed by atoms with Crippen LogP contribution in [0.1, 0.15) is 11.1 Å². The smallest absolute Gasteiger partial charge is 0.744 e. The van der Waals surface area contributed by atoms with Crippen LogP contribution in [0.5, 0.6) is 0 Å². The molecule has 0 aliphatic carbocycles. The number of hydrogen-bond donors (Lipinski definition) is 8. The molecule has 0 bridgehead atoms. The largest absolute Gasteiger partial charge is 1.00 e. The van der Waals surface area contributed by atoms with Gasteiger partial charge in [0, 0.05) is 34.3 Å². The molecule has 0 unspecified atom stereocenters. The molecular formula is C36H30N12Na6O22S6. The summed E-state index contributed by atoms with van der Waals surface area (Å²) in [6.45, 7) is -1.10. The summed E-state index contributed by atoms with van der Waals surface area (Å²) in [4.78, 5) is 23.4. The number of hydrogen-bond acceptors (Lipinski definition) is 37. The van der Waals surface area contributed by atoms with Gasteiger partial charge in [0.05, 0.1) is 80.3 Å². The van der Waals surface area contributed by atoms with Crippen LogP contribution in [-0.4, -0.2) is 116 Å². The molecule has 0 fully saturated rings. The molecule has 0 aliphatic rings. The molecule has 8 N–H and O–H groups in total. The van der Waals surface area contributed by atoms with Gasteiger partial charge in [-0.05, 0) is 71.8 Å². The summed E-state index contributed by atoms with van der Waals surface area (Å²) in [5.74, 6) is -2.92. The van der Waals surface area contributed by atoms with E-state index in [1.165, 1.54) is 41.3 Å². The van der Waals surface area contributed by atoms with Gasteiger partial charge in [0.15, 0.2) is 0 Å². The van der Waals surface area contributed by atoms with Crippen molar-refractivity contribution in [3.05, 3.63) is 83.9 Å². The second-order valence-electron chi connectivity index (χ2n) is 14.0. The monoisotopic (exact) mass is 1310 g/mol. The van der Waals surface area contributed by atoms with Crippen LogP contribution in [0, 0.1) is 0 Å². The molecule has 4 aromatic carbocycles. The van der Waals surface area contributed by atoms with E-state index in [0.29, 0.717) is 36.1 Å². The Morgan fingerprint density at radius 1 is 0.500 bits per heavy atom. The Balaban J connectivity index is 0.0000109. The summed E-state index contributed by atoms with van der Waals surface area (Å²) in [7, 11) is -15.5. The topological polar surface area (TPSA) is 509 Å². The molecule has 0 aliphatic heterocycles. The molecule has 0 amide bonds. The van der Waals surface area contributed by atoms with E-state index in [1.54, 1.807) is 0 Å². The molecule has 46 heteroatoms. The minimum absolute atomic E-state index is 0. The quantitative estimate of drug-likeness (QED) is 0.00565. The average molecular weight is 1310 g/mol. The third-order valence-corrected chi connectivity index (χ3v) is 13.6. The first-order chi connectivity index (χ1) is 36.1. The van der Waals surface area contributed by atoms with Gasteiger partial charge in [-0.15, -0.1) is 0 Å². The molecule has 2 aromatic heterocycles. The minimum Gasteiger partial charge on any atom is -0.744 e. The summed E-state index contributed by atoms with van der Waals surface area (Å²) in [5.41, 5.74) is -0.758. The fraction of sp³-hybridized carbons (Fsp3) is 0.111. The van der Waals surface area contributed by atoms with Crippen molar-refractivity contribution in [2.75, 3.05) is 57.7 Å². The first kappa shape index (κ1) is 81.7. The van der Waals surface area contributed by atoms with Crippen LogP contribution in [0.2, 0.25) is 0 Å². The van der Waals surface area contributed by atoms with Crippen LogP contribution in [0.3, 0.4) is 0 Å². The van der Waals surface area contributed by atoms with Crippen LogP contribution in [0.15, 0.2) is 102 Å². The number of aliphatic hydroxyl groups excluding tert-OH is 2. The van der Waals surface area contributed by atoms with Crippen LogP contribution < -0.4 is 225 Å². The fourth-order valence-electron chi connectivity index (χ4n) is 6.07. The van der Waals surface area contributed by atoms with E-state index >= 15 is 0 Å². The van der Waals surface area contributed by atoms with Gasteiger partial charge in [-0.2, -0.15) is 42.9 Å². The summed E-state index contributed by atoms with van der Waals surface area (Å²) in [6, 6.07) is 13.3. The molecule has 0 radical (unpaired) electrons. The van der Waals surface area contributed by atoms with E-state index in [2.05, 4.69) is 79.3 Å². The molecular weight excluding hydrogens is 1280 g/mol. The second kappa shape index (κ2) is 39.0. The first-order valence-corrected chi connectivity index (χ1v) is 26.3. The standard InChI is InChI=1S/C36H36N12O22S6.6Na/c49-13-11-47(12-14-50)35-43-31(41-33(44-35)39-25-18-24(74(56,57)58)8-9-27(25)72-69-66-54)37-21-5-3-19(28(15-21)73-70-67-55)1-2-20-4-6-22(16-30(20)76(62,63)64)38-32-42-34(46-36(45-32)48(51)52)40-26-17-23(71-68-65-53)7-10-29(26)75(59,60)61;;;;;;/h1-10,15-18,49-55H,11-14H2,(H,56,57,58)(H,59,60,61)(H,62,63,64)(H2,37,39,41,43,44)(H2,38,40,42,45,46);;;;;;/q;6*+1/p-6/b2-1+;;;;;;. The van der Waals surface area contributed by atoms with E-state index in [1.807, 2.05) is 0 Å². The normalized spacial score (nSPS) is 11.1. The molecule has 2 heterocycles. The van der Waals surface area contributed by atoms with Crippen LogP contribution >= 0.6 is 36.1 Å². The summed E-state index contributed by atoms with van der Waals surface area (Å²) >= 11 is 1.01. The van der Waals surface area contributed by atoms with E-state index in [9.17, 15) is 75.3 Å². The zero-order valence-electron chi connectivity index (χ0n) is 43.1. The second-order valence-corrected chi connectivity index (χ2v) is 20.3. The predicted octanol–water partition coefficient (Wildman–Crippen LogP) is -18.0. The molecule has 408 valence electrons. The molecule has 0 atom stereocenters. The van der Waals surface area contributed by atoms with Gasteiger partial charge in [-0.1, -0.05) is 29.5 Å². The fourth-order valence-corrected chi connectivity index (χ4v) is 9.21. The van der Waals surface area contributed by atoms with E-state index in [0.717, 1.165) is 48.5 Å². The number of benzene rings is 4. The third-order valence-electron chi connectivity index (χ3n) is 9.11. The van der Waals surface area contributed by atoms with Crippen molar-refractivity contribution in [3.63, 3.8) is 0 Å². The zero-order valence-corrected chi connectivity index (χ0v) is 60.0. The van der Waals surface area contributed by atoms with Crippen molar-refractivity contribution in [2.45, 2.75) is 29.4 Å². The predicted molar refractivity (Wildman–Crippen MR) is 248 cm³/mol. The molecule has 0 saturated heterocycles. The van der Waals surface area contributed by atoms with E-state index < -0.39 is 87.0 Å². The maximum atomic E-state index is 12.6. The molecule has 0 saturated carbocycles. The number of aromatic nitrogens is 6. The molecule has 0 spiro atoms. The van der Waals surface area contributed by atoms with Crippen molar-refractivity contribution < 1.29 is 281 Å². The number of aliphatic hydroxyl groups is 2. The van der Waals surface area contributed by atoms with Crippen LogP contribution in [0.25, 0.3) is 12.2 Å². The van der Waals surface area contributed by atoms with Crippen molar-refractivity contribution >= 4 is 137 Å². The number of nitrogens with zero attached hydrogens (tertiary/aromatic N) is 8. The van der Waals surface area contributed by atoms with Crippen LogP contribution in [0.4, 0.5) is 58.4 Å². The molecule has 82 heavy (non-hydrogen) atoms. The maximum absolute atomic E-state index is 12.6. The minimum atomic E-state index is -5.32.